The fraction of sp³-hybridized carbons (Fsp3) is 0.562. The van der Waals surface area contributed by atoms with E-state index in [1.807, 2.05) is 0 Å². The molecule has 1 aromatic rings. The molecule has 1 saturated heterocycles. The van der Waals surface area contributed by atoms with Crippen molar-refractivity contribution >= 4 is 12.1 Å². The second-order valence-electron chi connectivity index (χ2n) is 6.66. The van der Waals surface area contributed by atoms with E-state index >= 15 is 0 Å². The Morgan fingerprint density at radius 2 is 2.04 bits per heavy atom. The van der Waals surface area contributed by atoms with E-state index in [2.05, 4.69) is 0 Å². The molecule has 2 heterocycles. The number of likely N-dealkylation sites (tertiary alicyclic amines) is 1. The van der Waals surface area contributed by atoms with Gasteiger partial charge in [-0.1, -0.05) is 0 Å². The van der Waals surface area contributed by atoms with Gasteiger partial charge in [0, 0.05) is 19.3 Å². The summed E-state index contributed by atoms with van der Waals surface area (Å²) in [5.74, 6) is -1.25. The third kappa shape index (κ3) is 4.12. The van der Waals surface area contributed by atoms with Crippen LogP contribution in [0.3, 0.4) is 0 Å². The Balaban J connectivity index is 2.19. The van der Waals surface area contributed by atoms with Crippen LogP contribution in [0.1, 0.15) is 50.0 Å². The lowest BCUT2D eigenvalue weighted by molar-refractivity contribution is 0.0170. The van der Waals surface area contributed by atoms with Gasteiger partial charge in [0.25, 0.3) is 5.56 Å². The van der Waals surface area contributed by atoms with Crippen LogP contribution in [0.4, 0.5) is 4.79 Å². The van der Waals surface area contributed by atoms with Crippen LogP contribution in [0.5, 0.6) is 0 Å². The molecule has 1 unspecified atom stereocenters. The lowest BCUT2D eigenvalue weighted by atomic mass is 10.1. The number of carboxylic acid groups (broad SMARTS) is 1. The Hall–Kier alpha value is -2.31. The lowest BCUT2D eigenvalue weighted by Crippen LogP contribution is -2.45. The first-order valence-corrected chi connectivity index (χ1v) is 7.61. The molecule has 1 atom stereocenters. The van der Waals surface area contributed by atoms with Crippen molar-refractivity contribution in [3.63, 3.8) is 0 Å². The number of hydrogen-bond donors (Lipinski definition) is 1. The zero-order valence-electron chi connectivity index (χ0n) is 13.6. The number of amides is 1. The molecule has 1 amide bonds. The molecular weight excluding hydrogens is 300 g/mol. The van der Waals surface area contributed by atoms with Gasteiger partial charge in [0.2, 0.25) is 0 Å². The van der Waals surface area contributed by atoms with Crippen LogP contribution in [0.2, 0.25) is 0 Å². The molecule has 1 N–H and O–H groups in total. The van der Waals surface area contributed by atoms with Crippen LogP contribution in [0.15, 0.2) is 23.1 Å². The van der Waals surface area contributed by atoms with Gasteiger partial charge in [-0.05, 0) is 45.7 Å². The van der Waals surface area contributed by atoms with Crippen molar-refractivity contribution in [2.45, 2.75) is 45.3 Å². The molecule has 2 rings (SSSR count). The van der Waals surface area contributed by atoms with Gasteiger partial charge in [-0.3, -0.25) is 4.79 Å². The van der Waals surface area contributed by atoms with Gasteiger partial charge in [-0.2, -0.15) is 0 Å². The molecule has 1 aliphatic rings. The Bertz CT molecular complexity index is 659. The van der Waals surface area contributed by atoms with Crippen molar-refractivity contribution in [1.29, 1.82) is 0 Å². The molecule has 0 saturated carbocycles. The van der Waals surface area contributed by atoms with E-state index in [0.29, 0.717) is 19.5 Å². The number of hydrogen-bond acceptors (Lipinski definition) is 4. The van der Waals surface area contributed by atoms with E-state index in [1.165, 1.54) is 16.7 Å². The first-order chi connectivity index (χ1) is 10.7. The molecule has 23 heavy (non-hydrogen) atoms. The number of carbonyl (C=O) groups is 2. The predicted octanol–water partition coefficient (Wildman–Crippen LogP) is 2.12. The molecular formula is C16H22N2O5. The Morgan fingerprint density at radius 1 is 1.35 bits per heavy atom. The number of aromatic carboxylic acids is 1. The van der Waals surface area contributed by atoms with Crippen molar-refractivity contribution in [3.8, 4) is 0 Å². The van der Waals surface area contributed by atoms with Crippen molar-refractivity contribution in [1.82, 2.24) is 9.47 Å². The van der Waals surface area contributed by atoms with Crippen molar-refractivity contribution < 1.29 is 19.4 Å². The number of ether oxygens (including phenoxy) is 1. The summed E-state index contributed by atoms with van der Waals surface area (Å²) in [6.07, 6.45) is 2.60. The summed E-state index contributed by atoms with van der Waals surface area (Å²) in [5.41, 5.74) is -1.39. The lowest BCUT2D eigenvalue weighted by Gasteiger charge is -2.34. The second kappa shape index (κ2) is 6.44. The molecule has 1 fully saturated rings. The first-order valence-electron chi connectivity index (χ1n) is 7.61. The summed E-state index contributed by atoms with van der Waals surface area (Å²) in [4.78, 5) is 37.1. The fourth-order valence-corrected chi connectivity index (χ4v) is 2.63. The second-order valence-corrected chi connectivity index (χ2v) is 6.66. The smallest absolute Gasteiger partial charge is 0.410 e. The topological polar surface area (TPSA) is 88.8 Å². The minimum absolute atomic E-state index is 0.247. The highest BCUT2D eigenvalue weighted by molar-refractivity contribution is 5.87. The number of nitrogens with zero attached hydrogens (tertiary/aromatic N) is 2. The minimum atomic E-state index is -1.25. The van der Waals surface area contributed by atoms with Gasteiger partial charge in [0.05, 0.1) is 6.04 Å². The monoisotopic (exact) mass is 322 g/mol. The van der Waals surface area contributed by atoms with E-state index in [0.717, 1.165) is 6.42 Å². The number of carboxylic acids is 1. The third-order valence-corrected chi connectivity index (χ3v) is 3.65. The van der Waals surface area contributed by atoms with Gasteiger partial charge in [0.15, 0.2) is 0 Å². The highest BCUT2D eigenvalue weighted by atomic mass is 16.6. The van der Waals surface area contributed by atoms with Crippen molar-refractivity contribution in [2.75, 3.05) is 13.1 Å². The summed E-state index contributed by atoms with van der Waals surface area (Å²) in [7, 11) is 0. The quantitative estimate of drug-likeness (QED) is 0.901. The molecule has 0 bridgehead atoms. The summed E-state index contributed by atoms with van der Waals surface area (Å²) in [6, 6.07) is 2.58. The number of rotatable bonds is 2. The standard InChI is InChI=1S/C16H22N2O5/c1-16(2,3)23-15(22)17-8-4-6-11(10-17)18-9-5-7-12(13(18)19)14(20)21/h5,7,9,11H,4,6,8,10H2,1-3H3,(H,20,21). The van der Waals surface area contributed by atoms with Crippen molar-refractivity contribution in [3.05, 3.63) is 34.2 Å². The average molecular weight is 322 g/mol. The third-order valence-electron chi connectivity index (χ3n) is 3.65. The number of carbonyl (C=O) groups excluding carboxylic acids is 1. The van der Waals surface area contributed by atoms with Crippen LogP contribution in [0, 0.1) is 0 Å². The largest absolute Gasteiger partial charge is 0.477 e. The number of aromatic nitrogens is 1. The average Bonchev–Trinajstić information content (AvgIpc) is 2.45. The molecule has 7 heteroatoms. The van der Waals surface area contributed by atoms with Crippen molar-refractivity contribution in [2.24, 2.45) is 0 Å². The maximum absolute atomic E-state index is 12.3. The molecule has 0 aromatic carbocycles. The summed E-state index contributed by atoms with van der Waals surface area (Å²) < 4.78 is 6.76. The van der Waals surface area contributed by atoms with Gasteiger partial charge in [-0.25, -0.2) is 9.59 Å². The molecule has 1 aliphatic heterocycles. The van der Waals surface area contributed by atoms with Gasteiger partial charge >= 0.3 is 12.1 Å². The summed E-state index contributed by atoms with van der Waals surface area (Å²) >= 11 is 0. The van der Waals surface area contributed by atoms with Crippen LogP contribution < -0.4 is 5.56 Å². The van der Waals surface area contributed by atoms with Crippen LogP contribution in [-0.4, -0.2) is 45.3 Å². The molecule has 7 nitrogen and oxygen atoms in total. The molecule has 0 aliphatic carbocycles. The first kappa shape index (κ1) is 17.1. The number of piperidine rings is 1. The van der Waals surface area contributed by atoms with E-state index in [9.17, 15) is 14.4 Å². The minimum Gasteiger partial charge on any atom is -0.477 e. The zero-order valence-corrected chi connectivity index (χ0v) is 13.6. The van der Waals surface area contributed by atoms with E-state index in [4.69, 9.17) is 9.84 Å². The van der Waals surface area contributed by atoms with Gasteiger partial charge in [-0.15, -0.1) is 0 Å². The SMILES string of the molecule is CC(C)(C)OC(=O)N1CCCC(n2cccc(C(=O)O)c2=O)C1. The van der Waals surface area contributed by atoms with Gasteiger partial charge in [0.1, 0.15) is 11.2 Å². The normalized spacial score (nSPS) is 18.6. The highest BCUT2D eigenvalue weighted by Crippen LogP contribution is 2.22. The number of pyridine rings is 1. The van der Waals surface area contributed by atoms with Crippen LogP contribution in [0.25, 0.3) is 0 Å². The molecule has 1 aromatic heterocycles. The predicted molar refractivity (Wildman–Crippen MR) is 83.7 cm³/mol. The van der Waals surface area contributed by atoms with Crippen LogP contribution in [-0.2, 0) is 4.74 Å². The zero-order chi connectivity index (χ0) is 17.2. The highest BCUT2D eigenvalue weighted by Gasteiger charge is 2.29. The van der Waals surface area contributed by atoms with Crippen LogP contribution >= 0.6 is 0 Å². The Kier molecular flexibility index (Phi) is 4.77. The van der Waals surface area contributed by atoms with E-state index in [1.54, 1.807) is 31.9 Å². The summed E-state index contributed by atoms with van der Waals surface area (Å²) in [6.45, 7) is 6.30. The Morgan fingerprint density at radius 3 is 2.65 bits per heavy atom. The summed E-state index contributed by atoms with van der Waals surface area (Å²) in [5, 5.41) is 9.06. The molecule has 126 valence electrons. The fourth-order valence-electron chi connectivity index (χ4n) is 2.63. The molecule has 0 spiro atoms. The maximum Gasteiger partial charge on any atom is 0.410 e. The van der Waals surface area contributed by atoms with E-state index in [-0.39, 0.29) is 11.6 Å². The van der Waals surface area contributed by atoms with E-state index < -0.39 is 23.2 Å². The molecule has 0 radical (unpaired) electrons. The maximum atomic E-state index is 12.3. The van der Waals surface area contributed by atoms with Gasteiger partial charge < -0.3 is 19.3 Å². The Labute approximate surface area is 134 Å².